The SMILES string of the molecule is C[C@@H](OC(=O)c1ccc2c(c1)OCCO2)C(N)=O. The van der Waals surface area contributed by atoms with Crippen LogP contribution in [0.1, 0.15) is 17.3 Å². The van der Waals surface area contributed by atoms with Crippen LogP contribution < -0.4 is 15.2 Å². The molecule has 1 aliphatic heterocycles. The van der Waals surface area contributed by atoms with Crippen LogP contribution >= 0.6 is 0 Å². The van der Waals surface area contributed by atoms with E-state index in [2.05, 4.69) is 0 Å². The van der Waals surface area contributed by atoms with Gasteiger partial charge in [0, 0.05) is 0 Å². The van der Waals surface area contributed by atoms with Crippen molar-refractivity contribution in [3.63, 3.8) is 0 Å². The van der Waals surface area contributed by atoms with Gasteiger partial charge >= 0.3 is 5.97 Å². The van der Waals surface area contributed by atoms with Crippen LogP contribution in [0, 0.1) is 0 Å². The number of amides is 1. The van der Waals surface area contributed by atoms with Crippen LogP contribution in [-0.4, -0.2) is 31.2 Å². The molecule has 1 aliphatic rings. The first-order chi connectivity index (χ1) is 8.58. The lowest BCUT2D eigenvalue weighted by atomic mass is 10.2. The second-order valence-electron chi connectivity index (χ2n) is 3.81. The quantitative estimate of drug-likeness (QED) is 0.790. The fraction of sp³-hybridized carbons (Fsp3) is 0.333. The lowest BCUT2D eigenvalue weighted by molar-refractivity contribution is -0.125. The van der Waals surface area contributed by atoms with Gasteiger partial charge in [-0.05, 0) is 25.1 Å². The van der Waals surface area contributed by atoms with Gasteiger partial charge in [-0.3, -0.25) is 4.79 Å². The summed E-state index contributed by atoms with van der Waals surface area (Å²) in [6, 6.07) is 4.69. The molecule has 0 unspecified atom stereocenters. The molecule has 1 aromatic carbocycles. The number of fused-ring (bicyclic) bond motifs is 1. The Morgan fingerprint density at radius 3 is 2.61 bits per heavy atom. The van der Waals surface area contributed by atoms with Crippen LogP contribution in [0.2, 0.25) is 0 Å². The Morgan fingerprint density at radius 2 is 1.94 bits per heavy atom. The molecule has 0 saturated heterocycles. The van der Waals surface area contributed by atoms with Crippen molar-refractivity contribution >= 4 is 11.9 Å². The third-order valence-electron chi connectivity index (χ3n) is 2.46. The fourth-order valence-electron chi connectivity index (χ4n) is 1.46. The summed E-state index contributed by atoms with van der Waals surface area (Å²) in [5.74, 6) is -0.248. The molecule has 6 heteroatoms. The second-order valence-corrected chi connectivity index (χ2v) is 3.81. The minimum absolute atomic E-state index is 0.285. The van der Waals surface area contributed by atoms with E-state index in [4.69, 9.17) is 19.9 Å². The number of rotatable bonds is 3. The topological polar surface area (TPSA) is 87.8 Å². The van der Waals surface area contributed by atoms with E-state index in [0.29, 0.717) is 24.7 Å². The molecule has 1 aromatic rings. The summed E-state index contributed by atoms with van der Waals surface area (Å²) in [5, 5.41) is 0. The molecule has 6 nitrogen and oxygen atoms in total. The summed E-state index contributed by atoms with van der Waals surface area (Å²) < 4.78 is 15.5. The summed E-state index contributed by atoms with van der Waals surface area (Å²) >= 11 is 0. The van der Waals surface area contributed by atoms with E-state index in [1.54, 1.807) is 12.1 Å². The van der Waals surface area contributed by atoms with Gasteiger partial charge in [0.15, 0.2) is 17.6 Å². The Labute approximate surface area is 104 Å². The minimum atomic E-state index is -0.967. The highest BCUT2D eigenvalue weighted by Gasteiger charge is 2.19. The van der Waals surface area contributed by atoms with Gasteiger partial charge in [0.1, 0.15) is 13.2 Å². The predicted molar refractivity (Wildman–Crippen MR) is 61.5 cm³/mol. The zero-order chi connectivity index (χ0) is 13.1. The number of primary amides is 1. The van der Waals surface area contributed by atoms with Gasteiger partial charge in [-0.2, -0.15) is 0 Å². The molecule has 96 valence electrons. The van der Waals surface area contributed by atoms with Crippen LogP contribution in [-0.2, 0) is 9.53 Å². The minimum Gasteiger partial charge on any atom is -0.486 e. The first-order valence-electron chi connectivity index (χ1n) is 5.48. The fourth-order valence-corrected chi connectivity index (χ4v) is 1.46. The van der Waals surface area contributed by atoms with Gasteiger partial charge in [-0.15, -0.1) is 0 Å². The highest BCUT2D eigenvalue weighted by Crippen LogP contribution is 2.30. The lowest BCUT2D eigenvalue weighted by Crippen LogP contribution is -2.30. The van der Waals surface area contributed by atoms with Crippen molar-refractivity contribution in [2.75, 3.05) is 13.2 Å². The maximum absolute atomic E-state index is 11.7. The smallest absolute Gasteiger partial charge is 0.339 e. The molecule has 1 heterocycles. The molecular formula is C12H13NO5. The number of hydrogen-bond donors (Lipinski definition) is 1. The van der Waals surface area contributed by atoms with E-state index in [-0.39, 0.29) is 5.56 Å². The second kappa shape index (κ2) is 4.95. The number of carbonyl (C=O) groups excluding carboxylic acids is 2. The van der Waals surface area contributed by atoms with Gasteiger partial charge in [0.2, 0.25) is 0 Å². The summed E-state index contributed by atoms with van der Waals surface area (Å²) in [7, 11) is 0. The maximum Gasteiger partial charge on any atom is 0.339 e. The molecule has 18 heavy (non-hydrogen) atoms. The average molecular weight is 251 g/mol. The molecule has 0 fully saturated rings. The molecular weight excluding hydrogens is 238 g/mol. The van der Waals surface area contributed by atoms with Gasteiger partial charge in [0.05, 0.1) is 5.56 Å². The summed E-state index contributed by atoms with van der Waals surface area (Å²) in [5.41, 5.74) is 5.30. The molecule has 0 spiro atoms. The number of ether oxygens (including phenoxy) is 3. The Kier molecular flexibility index (Phi) is 3.36. The van der Waals surface area contributed by atoms with Crippen molar-refractivity contribution in [3.8, 4) is 11.5 Å². The number of esters is 1. The molecule has 0 bridgehead atoms. The van der Waals surface area contributed by atoms with Crippen molar-refractivity contribution in [2.24, 2.45) is 5.73 Å². The van der Waals surface area contributed by atoms with E-state index in [0.717, 1.165) is 0 Å². The maximum atomic E-state index is 11.7. The van der Waals surface area contributed by atoms with Crippen LogP contribution in [0.3, 0.4) is 0 Å². The summed E-state index contributed by atoms with van der Waals surface area (Å²) in [4.78, 5) is 22.5. The Hall–Kier alpha value is -2.24. The Bertz CT molecular complexity index is 485. The molecule has 0 saturated carbocycles. The van der Waals surface area contributed by atoms with E-state index >= 15 is 0 Å². The first kappa shape index (κ1) is 12.2. The van der Waals surface area contributed by atoms with Gasteiger partial charge in [0.25, 0.3) is 5.91 Å². The monoisotopic (exact) mass is 251 g/mol. The van der Waals surface area contributed by atoms with E-state index in [1.165, 1.54) is 13.0 Å². The van der Waals surface area contributed by atoms with E-state index in [9.17, 15) is 9.59 Å². The van der Waals surface area contributed by atoms with Gasteiger partial charge < -0.3 is 19.9 Å². The Morgan fingerprint density at radius 1 is 1.28 bits per heavy atom. The van der Waals surface area contributed by atoms with Crippen LogP contribution in [0.25, 0.3) is 0 Å². The number of carbonyl (C=O) groups is 2. The highest BCUT2D eigenvalue weighted by atomic mass is 16.6. The molecule has 0 aromatic heterocycles. The zero-order valence-corrected chi connectivity index (χ0v) is 9.84. The lowest BCUT2D eigenvalue weighted by Gasteiger charge is -2.18. The molecule has 2 rings (SSSR count). The summed E-state index contributed by atoms with van der Waals surface area (Å²) in [6.45, 7) is 2.33. The van der Waals surface area contributed by atoms with Gasteiger partial charge in [-0.1, -0.05) is 0 Å². The molecule has 2 N–H and O–H groups in total. The van der Waals surface area contributed by atoms with Crippen molar-refractivity contribution < 1.29 is 23.8 Å². The zero-order valence-electron chi connectivity index (χ0n) is 9.84. The molecule has 1 amide bonds. The van der Waals surface area contributed by atoms with Crippen LogP contribution in [0.15, 0.2) is 18.2 Å². The van der Waals surface area contributed by atoms with E-state index < -0.39 is 18.0 Å². The summed E-state index contributed by atoms with van der Waals surface area (Å²) in [6.07, 6.45) is -0.967. The normalized spacial score (nSPS) is 14.7. The van der Waals surface area contributed by atoms with E-state index in [1.807, 2.05) is 0 Å². The first-order valence-corrected chi connectivity index (χ1v) is 5.48. The average Bonchev–Trinajstić information content (AvgIpc) is 2.37. The third-order valence-corrected chi connectivity index (χ3v) is 2.46. The van der Waals surface area contributed by atoms with Crippen molar-refractivity contribution in [3.05, 3.63) is 23.8 Å². The molecule has 1 atom stereocenters. The molecule has 0 radical (unpaired) electrons. The van der Waals surface area contributed by atoms with Crippen LogP contribution in [0.5, 0.6) is 11.5 Å². The predicted octanol–water partition coefficient (Wildman–Crippen LogP) is 0.488. The van der Waals surface area contributed by atoms with Crippen LogP contribution in [0.4, 0.5) is 0 Å². The van der Waals surface area contributed by atoms with Crippen molar-refractivity contribution in [1.29, 1.82) is 0 Å². The third kappa shape index (κ3) is 2.53. The number of nitrogens with two attached hydrogens (primary N) is 1. The number of hydrogen-bond acceptors (Lipinski definition) is 5. The van der Waals surface area contributed by atoms with Crippen molar-refractivity contribution in [1.82, 2.24) is 0 Å². The van der Waals surface area contributed by atoms with Crippen molar-refractivity contribution in [2.45, 2.75) is 13.0 Å². The highest BCUT2D eigenvalue weighted by molar-refractivity contribution is 5.92. The Balaban J connectivity index is 2.13. The molecule has 0 aliphatic carbocycles. The standard InChI is InChI=1S/C12H13NO5/c1-7(11(13)14)18-12(15)8-2-3-9-10(6-8)17-5-4-16-9/h2-3,6-7H,4-5H2,1H3,(H2,13,14)/t7-/m1/s1. The van der Waals surface area contributed by atoms with Gasteiger partial charge in [-0.25, -0.2) is 4.79 Å². The largest absolute Gasteiger partial charge is 0.486 e. The number of benzene rings is 1.